The summed E-state index contributed by atoms with van der Waals surface area (Å²) < 4.78 is 27.6. The highest BCUT2D eigenvalue weighted by Gasteiger charge is 2.21. The molecule has 1 unspecified atom stereocenters. The number of methoxy groups -OCH3 is 1. The number of amides is 1. The van der Waals surface area contributed by atoms with Gasteiger partial charge in [0.15, 0.2) is 5.13 Å². The molecule has 40 heavy (non-hydrogen) atoms. The van der Waals surface area contributed by atoms with Gasteiger partial charge >= 0.3 is 5.97 Å². The number of carbonyl (C=O) groups excluding carboxylic acids is 2. The number of hydrogen-bond donors (Lipinski definition) is 2. The van der Waals surface area contributed by atoms with E-state index in [9.17, 15) is 14.7 Å². The lowest BCUT2D eigenvalue weighted by Gasteiger charge is -2.16. The highest BCUT2D eigenvalue weighted by Crippen LogP contribution is 2.31. The number of carbonyl (C=O) groups is 2. The largest absolute Gasteiger partial charge is 0.488 e. The maximum atomic E-state index is 13.2. The second-order valence-corrected chi connectivity index (χ2v) is 9.46. The van der Waals surface area contributed by atoms with Gasteiger partial charge in [-0.1, -0.05) is 11.3 Å². The molecule has 4 rings (SSSR count). The smallest absolute Gasteiger partial charge is 0.350 e. The van der Waals surface area contributed by atoms with Crippen LogP contribution in [-0.2, 0) is 16.1 Å². The zero-order valence-electron chi connectivity index (χ0n) is 22.3. The number of benzene rings is 2. The number of aliphatic hydroxyl groups excluding tert-OH is 1. The van der Waals surface area contributed by atoms with Crippen molar-refractivity contribution < 1.29 is 38.1 Å². The molecule has 0 fully saturated rings. The fourth-order valence-corrected chi connectivity index (χ4v) is 4.45. The van der Waals surface area contributed by atoms with E-state index in [1.165, 1.54) is 0 Å². The molecule has 0 aliphatic rings. The molecule has 0 saturated heterocycles. The Balaban J connectivity index is 1.58. The van der Waals surface area contributed by atoms with Gasteiger partial charge in [-0.25, -0.2) is 9.78 Å². The van der Waals surface area contributed by atoms with Gasteiger partial charge in [0, 0.05) is 31.2 Å². The van der Waals surface area contributed by atoms with E-state index < -0.39 is 18.5 Å². The van der Waals surface area contributed by atoms with Gasteiger partial charge in [-0.15, -0.1) is 10.2 Å². The number of thiazole rings is 1. The molecule has 0 bridgehead atoms. The standard InChI is InChI=1S/C27H28N4O8S/c1-5-36-26(34)23-22(13-32)28-27(40-23)29-24(33)18-10-20(37-15(2)14-35-4)12-21(11-18)39-19-8-6-17(7-9-19)25-31-30-16(3)38-25/h6-12,15,32H,5,13-14H2,1-4H3,(H,28,29,33). The SMILES string of the molecule is CCOC(=O)c1sc(NC(=O)c2cc(Oc3ccc(-c4nnc(C)o4)cc3)cc(OC(C)COC)c2)nc1CO. The average Bonchev–Trinajstić information content (AvgIpc) is 3.55. The number of anilines is 1. The van der Waals surface area contributed by atoms with Crippen LogP contribution in [0.15, 0.2) is 46.9 Å². The van der Waals surface area contributed by atoms with E-state index in [1.807, 2.05) is 6.92 Å². The normalized spacial score (nSPS) is 11.6. The highest BCUT2D eigenvalue weighted by molar-refractivity contribution is 7.17. The third kappa shape index (κ3) is 7.20. The van der Waals surface area contributed by atoms with Crippen LogP contribution in [0.25, 0.3) is 11.5 Å². The third-order valence-corrected chi connectivity index (χ3v) is 6.27. The third-order valence-electron chi connectivity index (χ3n) is 5.27. The summed E-state index contributed by atoms with van der Waals surface area (Å²) in [6, 6.07) is 11.8. The number of aromatic nitrogens is 3. The molecule has 0 aliphatic heterocycles. The lowest BCUT2D eigenvalue weighted by atomic mass is 10.1. The molecule has 12 nitrogen and oxygen atoms in total. The predicted molar refractivity (Wildman–Crippen MR) is 145 cm³/mol. The second-order valence-electron chi connectivity index (χ2n) is 8.46. The Morgan fingerprint density at radius 3 is 2.50 bits per heavy atom. The maximum absolute atomic E-state index is 13.2. The first-order valence-corrected chi connectivity index (χ1v) is 13.1. The van der Waals surface area contributed by atoms with Crippen LogP contribution in [0.1, 0.15) is 45.5 Å². The molecule has 2 N–H and O–H groups in total. The number of aryl methyl sites for hydroxylation is 1. The van der Waals surface area contributed by atoms with E-state index in [1.54, 1.807) is 63.4 Å². The van der Waals surface area contributed by atoms with Crippen LogP contribution >= 0.6 is 11.3 Å². The first-order chi connectivity index (χ1) is 19.3. The molecule has 210 valence electrons. The van der Waals surface area contributed by atoms with Crippen LogP contribution in [0.4, 0.5) is 5.13 Å². The number of nitrogens with zero attached hydrogens (tertiary/aromatic N) is 3. The van der Waals surface area contributed by atoms with Gasteiger partial charge in [-0.3, -0.25) is 10.1 Å². The highest BCUT2D eigenvalue weighted by atomic mass is 32.1. The van der Waals surface area contributed by atoms with E-state index in [0.717, 1.165) is 16.9 Å². The molecule has 0 spiro atoms. The maximum Gasteiger partial charge on any atom is 0.350 e. The summed E-state index contributed by atoms with van der Waals surface area (Å²) in [7, 11) is 1.57. The molecule has 1 amide bonds. The summed E-state index contributed by atoms with van der Waals surface area (Å²) in [6.07, 6.45) is -0.300. The number of rotatable bonds is 12. The molecule has 2 aromatic heterocycles. The topological polar surface area (TPSA) is 155 Å². The molecule has 0 saturated carbocycles. The Bertz CT molecular complexity index is 1470. The Morgan fingerprint density at radius 2 is 1.85 bits per heavy atom. The number of nitrogens with one attached hydrogen (secondary N) is 1. The van der Waals surface area contributed by atoms with Gasteiger partial charge in [-0.2, -0.15) is 0 Å². The molecule has 0 aliphatic carbocycles. The fourth-order valence-electron chi connectivity index (χ4n) is 3.58. The minimum atomic E-state index is -0.622. The van der Waals surface area contributed by atoms with Gasteiger partial charge in [0.25, 0.3) is 5.91 Å². The van der Waals surface area contributed by atoms with Crippen molar-refractivity contribution in [2.24, 2.45) is 0 Å². The van der Waals surface area contributed by atoms with E-state index >= 15 is 0 Å². The monoisotopic (exact) mass is 568 g/mol. The zero-order valence-corrected chi connectivity index (χ0v) is 23.1. The number of esters is 1. The Hall–Kier alpha value is -4.33. The molecular weight excluding hydrogens is 540 g/mol. The van der Waals surface area contributed by atoms with Crippen molar-refractivity contribution in [1.82, 2.24) is 15.2 Å². The molecule has 4 aromatic rings. The van der Waals surface area contributed by atoms with Gasteiger partial charge < -0.3 is 28.5 Å². The molecule has 2 aromatic carbocycles. The van der Waals surface area contributed by atoms with Gasteiger partial charge in [0.2, 0.25) is 11.8 Å². The van der Waals surface area contributed by atoms with E-state index in [2.05, 4.69) is 20.5 Å². The fraction of sp³-hybridized carbons (Fsp3) is 0.296. The van der Waals surface area contributed by atoms with Crippen molar-refractivity contribution in [1.29, 1.82) is 0 Å². The Morgan fingerprint density at radius 1 is 1.10 bits per heavy atom. The first kappa shape index (κ1) is 28.7. The summed E-state index contributed by atoms with van der Waals surface area (Å²) >= 11 is 0.911. The Kier molecular flexibility index (Phi) is 9.43. The van der Waals surface area contributed by atoms with Crippen LogP contribution in [0, 0.1) is 6.92 Å². The minimum Gasteiger partial charge on any atom is -0.488 e. The summed E-state index contributed by atoms with van der Waals surface area (Å²) in [5.74, 6) is 0.934. The molecular formula is C27H28N4O8S. The van der Waals surface area contributed by atoms with Crippen LogP contribution < -0.4 is 14.8 Å². The van der Waals surface area contributed by atoms with Crippen LogP contribution in [-0.4, -0.2) is 58.6 Å². The van der Waals surface area contributed by atoms with Gasteiger partial charge in [0.05, 0.1) is 25.5 Å². The molecule has 13 heteroatoms. The van der Waals surface area contributed by atoms with Gasteiger partial charge in [0.1, 0.15) is 28.2 Å². The quantitative estimate of drug-likeness (QED) is 0.230. The van der Waals surface area contributed by atoms with E-state index in [0.29, 0.717) is 35.6 Å². The zero-order chi connectivity index (χ0) is 28.6. The summed E-state index contributed by atoms with van der Waals surface area (Å²) in [4.78, 5) is 29.7. The first-order valence-electron chi connectivity index (χ1n) is 12.3. The number of hydrogen-bond acceptors (Lipinski definition) is 12. The predicted octanol–water partition coefficient (Wildman–Crippen LogP) is 4.63. The van der Waals surface area contributed by atoms with Crippen LogP contribution in [0.2, 0.25) is 0 Å². The number of ether oxygens (including phenoxy) is 4. The summed E-state index contributed by atoms with van der Waals surface area (Å²) in [5.41, 5.74) is 1.06. The van der Waals surface area contributed by atoms with Crippen molar-refractivity contribution in [2.75, 3.05) is 25.6 Å². The molecule has 2 heterocycles. The molecule has 1 atom stereocenters. The van der Waals surface area contributed by atoms with E-state index in [-0.39, 0.29) is 34.0 Å². The second kappa shape index (κ2) is 13.2. The summed E-state index contributed by atoms with van der Waals surface area (Å²) in [6.45, 7) is 5.24. The van der Waals surface area contributed by atoms with Gasteiger partial charge in [-0.05, 0) is 50.2 Å². The molecule has 0 radical (unpaired) electrons. The van der Waals surface area contributed by atoms with Crippen molar-refractivity contribution in [3.63, 3.8) is 0 Å². The summed E-state index contributed by atoms with van der Waals surface area (Å²) in [5, 5.41) is 20.2. The van der Waals surface area contributed by atoms with Crippen molar-refractivity contribution in [3.8, 4) is 28.7 Å². The van der Waals surface area contributed by atoms with Crippen molar-refractivity contribution in [2.45, 2.75) is 33.5 Å². The lowest BCUT2D eigenvalue weighted by Crippen LogP contribution is -2.18. The van der Waals surface area contributed by atoms with Crippen molar-refractivity contribution >= 4 is 28.3 Å². The lowest BCUT2D eigenvalue weighted by molar-refractivity contribution is 0.0528. The minimum absolute atomic E-state index is 0.118. The average molecular weight is 569 g/mol. The van der Waals surface area contributed by atoms with Crippen molar-refractivity contribution in [3.05, 3.63) is 64.5 Å². The van der Waals surface area contributed by atoms with Crippen LogP contribution in [0.5, 0.6) is 17.2 Å². The Labute approximate surface area is 233 Å². The number of aliphatic hydroxyl groups is 1. The van der Waals surface area contributed by atoms with E-state index in [4.69, 9.17) is 23.4 Å². The van der Waals surface area contributed by atoms with Crippen LogP contribution in [0.3, 0.4) is 0 Å².